The van der Waals surface area contributed by atoms with Crippen LogP contribution in [0.1, 0.15) is 22.3 Å². The highest BCUT2D eigenvalue weighted by atomic mass is 16.1. The fraction of sp³-hybridized carbons (Fsp3) is 0.130. The molecule has 4 rings (SSSR count). The van der Waals surface area contributed by atoms with Gasteiger partial charge in [-0.1, -0.05) is 72.8 Å². The van der Waals surface area contributed by atoms with Gasteiger partial charge in [-0.05, 0) is 52.3 Å². The van der Waals surface area contributed by atoms with E-state index in [1.807, 2.05) is 0 Å². The number of isocyanates is 2. The van der Waals surface area contributed by atoms with Gasteiger partial charge in [-0.2, -0.15) is 0 Å². The van der Waals surface area contributed by atoms with Crippen molar-refractivity contribution < 1.29 is 9.59 Å². The van der Waals surface area contributed by atoms with Crippen LogP contribution in [0.25, 0.3) is 16.8 Å². The lowest BCUT2D eigenvalue weighted by Gasteiger charge is -2.16. The number of nitrogens with one attached hydrogen (secondary N) is 2. The first-order valence-corrected chi connectivity index (χ1v) is 8.56. The van der Waals surface area contributed by atoms with Gasteiger partial charge in [0.15, 0.2) is 0 Å². The van der Waals surface area contributed by atoms with Crippen LogP contribution in [-0.4, -0.2) is 12.2 Å². The van der Waals surface area contributed by atoms with E-state index in [0.29, 0.717) is 0 Å². The highest BCUT2D eigenvalue weighted by molar-refractivity contribution is 5.96. The molecule has 0 aromatic heterocycles. The average Bonchev–Trinajstić information content (AvgIpc) is 2.70. The molecule has 2 N–H and O–H groups in total. The second-order valence-corrected chi connectivity index (χ2v) is 5.95. The van der Waals surface area contributed by atoms with Crippen LogP contribution >= 0.6 is 0 Å². The first-order valence-electron chi connectivity index (χ1n) is 8.56. The number of allylic oxidation sites excluding steroid dienone is 1. The molecule has 4 nitrogen and oxygen atoms in total. The summed E-state index contributed by atoms with van der Waals surface area (Å²) in [6, 6.07) is 22.0. The molecule has 4 heteroatoms. The Balaban J connectivity index is 0.000000389. The van der Waals surface area contributed by atoms with Gasteiger partial charge in [0, 0.05) is 0 Å². The van der Waals surface area contributed by atoms with E-state index in [1.54, 1.807) is 0 Å². The van der Waals surface area contributed by atoms with E-state index in [0.717, 1.165) is 31.4 Å². The van der Waals surface area contributed by atoms with Crippen molar-refractivity contribution in [1.82, 2.24) is 0 Å². The first kappa shape index (κ1) is 19.7. The predicted octanol–water partition coefficient (Wildman–Crippen LogP) is 5.00. The Bertz CT molecular complexity index is 984. The van der Waals surface area contributed by atoms with Gasteiger partial charge in [-0.3, -0.25) is 0 Å². The maximum atomic E-state index is 8.35. The average molecular weight is 356 g/mol. The van der Waals surface area contributed by atoms with Crippen molar-refractivity contribution in [2.45, 2.75) is 19.3 Å². The van der Waals surface area contributed by atoms with Crippen LogP contribution < -0.4 is 0 Å². The summed E-state index contributed by atoms with van der Waals surface area (Å²) in [6.07, 6.45) is 9.38. The summed E-state index contributed by atoms with van der Waals surface area (Å²) >= 11 is 0. The Labute approximate surface area is 158 Å². The molecule has 134 valence electrons. The molecule has 0 saturated heterocycles. The molecule has 0 unspecified atom stereocenters. The van der Waals surface area contributed by atoms with E-state index in [-0.39, 0.29) is 0 Å². The third-order valence-electron chi connectivity index (χ3n) is 4.41. The van der Waals surface area contributed by atoms with E-state index in [1.165, 1.54) is 33.0 Å². The standard InChI is InChI=1S/C21H18.2CHNO/c1-2-6-16(7-3-1)12-13-17-14-15-19-9-4-8-18-10-5-11-20(17)21(18)19;2*2-1-3/h1-9,11,14-15H,10,12-13H2;2*2H. The largest absolute Gasteiger partial charge is 0.231 e. The summed E-state index contributed by atoms with van der Waals surface area (Å²) in [5, 5.41) is 13.6. The lowest BCUT2D eigenvalue weighted by Crippen LogP contribution is -1.99. The number of aryl methyl sites for hydroxylation is 2. The Hall–Kier alpha value is -3.58. The first-order chi connectivity index (χ1) is 13.2. The van der Waals surface area contributed by atoms with Crippen LogP contribution in [0.3, 0.4) is 0 Å². The number of carbonyl (C=O) groups excluding carboxylic acids is 2. The normalized spacial score (nSPS) is 10.5. The summed E-state index contributed by atoms with van der Waals surface area (Å²) in [6.45, 7) is 0. The van der Waals surface area contributed by atoms with Gasteiger partial charge in [-0.15, -0.1) is 0 Å². The number of hydrogen-bond donors (Lipinski definition) is 2. The molecule has 27 heavy (non-hydrogen) atoms. The summed E-state index contributed by atoms with van der Waals surface area (Å²) in [4.78, 5) is 16.7. The molecule has 0 saturated carbocycles. The minimum absolute atomic E-state index is 0.750. The smallest absolute Gasteiger partial charge is 0.222 e. The van der Waals surface area contributed by atoms with Crippen molar-refractivity contribution in [3.8, 4) is 0 Å². The summed E-state index contributed by atoms with van der Waals surface area (Å²) in [5.41, 5.74) is 5.78. The molecular formula is C23H20N2O2. The van der Waals surface area contributed by atoms with Gasteiger partial charge in [0.25, 0.3) is 0 Å². The Morgan fingerprint density at radius 3 is 2.22 bits per heavy atom. The molecule has 0 radical (unpaired) electrons. The molecule has 1 aliphatic rings. The minimum atomic E-state index is 0.750. The summed E-state index contributed by atoms with van der Waals surface area (Å²) in [7, 11) is 0. The van der Waals surface area contributed by atoms with Gasteiger partial charge < -0.3 is 0 Å². The van der Waals surface area contributed by atoms with Gasteiger partial charge in [0.1, 0.15) is 0 Å². The quantitative estimate of drug-likeness (QED) is 0.511. The van der Waals surface area contributed by atoms with Crippen LogP contribution in [-0.2, 0) is 28.9 Å². The molecule has 3 aromatic carbocycles. The summed E-state index contributed by atoms with van der Waals surface area (Å²) in [5.74, 6) is 0. The van der Waals surface area contributed by atoms with Crippen molar-refractivity contribution in [3.63, 3.8) is 0 Å². The van der Waals surface area contributed by atoms with E-state index in [4.69, 9.17) is 20.4 Å². The zero-order valence-corrected chi connectivity index (χ0v) is 14.9. The van der Waals surface area contributed by atoms with Gasteiger partial charge in [0.2, 0.25) is 12.2 Å². The zero-order valence-electron chi connectivity index (χ0n) is 14.9. The van der Waals surface area contributed by atoms with Crippen LogP contribution in [0.4, 0.5) is 0 Å². The third-order valence-corrected chi connectivity index (χ3v) is 4.41. The maximum absolute atomic E-state index is 8.35. The van der Waals surface area contributed by atoms with Crippen molar-refractivity contribution in [2.24, 2.45) is 0 Å². The SMILES string of the molecule is C1=Cc2c(CCc3ccccc3)ccc3cccc(c23)C1.N=C=O.N=C=O. The van der Waals surface area contributed by atoms with Crippen LogP contribution in [0.15, 0.2) is 66.7 Å². The molecule has 0 fully saturated rings. The maximum Gasteiger partial charge on any atom is 0.231 e. The molecule has 3 aromatic rings. The van der Waals surface area contributed by atoms with Crippen LogP contribution in [0, 0.1) is 10.8 Å². The molecular weight excluding hydrogens is 336 g/mol. The van der Waals surface area contributed by atoms with Crippen LogP contribution in [0.5, 0.6) is 0 Å². The fourth-order valence-electron chi connectivity index (χ4n) is 3.33. The molecule has 1 aliphatic carbocycles. The molecule has 0 heterocycles. The fourth-order valence-corrected chi connectivity index (χ4v) is 3.33. The summed E-state index contributed by atoms with van der Waals surface area (Å²) < 4.78 is 0. The van der Waals surface area contributed by atoms with E-state index >= 15 is 0 Å². The van der Waals surface area contributed by atoms with E-state index < -0.39 is 0 Å². The van der Waals surface area contributed by atoms with Crippen molar-refractivity contribution in [1.29, 1.82) is 10.8 Å². The Morgan fingerprint density at radius 2 is 1.52 bits per heavy atom. The highest BCUT2D eigenvalue weighted by Crippen LogP contribution is 2.31. The van der Waals surface area contributed by atoms with Crippen molar-refractivity contribution >= 4 is 29.0 Å². The van der Waals surface area contributed by atoms with Crippen LogP contribution in [0.2, 0.25) is 0 Å². The molecule has 0 amide bonds. The number of rotatable bonds is 3. The molecule has 0 aliphatic heterocycles. The minimum Gasteiger partial charge on any atom is -0.222 e. The predicted molar refractivity (Wildman–Crippen MR) is 107 cm³/mol. The molecule has 0 spiro atoms. The topological polar surface area (TPSA) is 81.8 Å². The van der Waals surface area contributed by atoms with E-state index in [2.05, 4.69) is 72.8 Å². The second kappa shape index (κ2) is 10.4. The van der Waals surface area contributed by atoms with Gasteiger partial charge in [-0.25, -0.2) is 20.4 Å². The Morgan fingerprint density at radius 1 is 0.815 bits per heavy atom. The van der Waals surface area contributed by atoms with Crippen molar-refractivity contribution in [3.05, 3.63) is 89.0 Å². The molecule has 0 bridgehead atoms. The van der Waals surface area contributed by atoms with Crippen molar-refractivity contribution in [2.75, 3.05) is 0 Å². The van der Waals surface area contributed by atoms with E-state index in [9.17, 15) is 0 Å². The second-order valence-electron chi connectivity index (χ2n) is 5.95. The zero-order chi connectivity index (χ0) is 19.5. The third kappa shape index (κ3) is 5.20. The lowest BCUT2D eigenvalue weighted by molar-refractivity contribution is 0.562. The van der Waals surface area contributed by atoms with Gasteiger partial charge >= 0.3 is 0 Å². The number of hydrogen-bond acceptors (Lipinski definition) is 4. The number of benzene rings is 3. The highest BCUT2D eigenvalue weighted by Gasteiger charge is 2.11. The lowest BCUT2D eigenvalue weighted by atomic mass is 9.88. The van der Waals surface area contributed by atoms with Gasteiger partial charge in [0.05, 0.1) is 0 Å². The Kier molecular flexibility index (Phi) is 7.62. The monoisotopic (exact) mass is 356 g/mol. The molecule has 0 atom stereocenters.